The van der Waals surface area contributed by atoms with Crippen molar-refractivity contribution < 1.29 is 14.6 Å². The van der Waals surface area contributed by atoms with E-state index in [0.29, 0.717) is 17.9 Å². The van der Waals surface area contributed by atoms with Gasteiger partial charge in [-0.05, 0) is 36.2 Å². The lowest BCUT2D eigenvalue weighted by Crippen LogP contribution is -2.23. The van der Waals surface area contributed by atoms with Crippen LogP contribution in [0.1, 0.15) is 21.6 Å². The normalized spacial score (nSPS) is 10.5. The standard InChI is InChI=1S/C19H18N2O3S/c1-12-18(25-11-21-12)14-5-3-13(4-6-14)10-20-19(23)16-9-15(22)7-8-17(16)24-2/h3-9,11,22H,10H2,1-2H3,(H,20,23). The fourth-order valence-corrected chi connectivity index (χ4v) is 3.32. The van der Waals surface area contributed by atoms with Gasteiger partial charge < -0.3 is 15.2 Å². The largest absolute Gasteiger partial charge is 0.508 e. The Balaban J connectivity index is 1.69. The van der Waals surface area contributed by atoms with Crippen LogP contribution in [-0.2, 0) is 6.54 Å². The van der Waals surface area contributed by atoms with Gasteiger partial charge in [-0.2, -0.15) is 0 Å². The predicted octanol–water partition coefficient (Wildman–Crippen LogP) is 3.76. The number of carbonyl (C=O) groups is 1. The van der Waals surface area contributed by atoms with Crippen LogP contribution in [0.2, 0.25) is 0 Å². The second-order valence-corrected chi connectivity index (χ2v) is 6.39. The van der Waals surface area contributed by atoms with Crippen molar-refractivity contribution in [3.05, 3.63) is 64.8 Å². The van der Waals surface area contributed by atoms with Crippen LogP contribution in [0.25, 0.3) is 10.4 Å². The number of amides is 1. The second kappa shape index (κ2) is 7.36. The number of ether oxygens (including phenoxy) is 1. The molecule has 0 saturated carbocycles. The number of benzene rings is 2. The number of aromatic hydroxyl groups is 1. The van der Waals surface area contributed by atoms with Gasteiger partial charge in [0.25, 0.3) is 5.91 Å². The van der Waals surface area contributed by atoms with Crippen molar-refractivity contribution in [1.29, 1.82) is 0 Å². The fourth-order valence-electron chi connectivity index (χ4n) is 2.50. The first-order chi connectivity index (χ1) is 12.1. The Morgan fingerprint density at radius 3 is 2.64 bits per heavy atom. The fraction of sp³-hybridized carbons (Fsp3) is 0.158. The molecule has 0 aliphatic heterocycles. The molecule has 2 N–H and O–H groups in total. The van der Waals surface area contributed by atoms with E-state index in [1.807, 2.05) is 36.7 Å². The van der Waals surface area contributed by atoms with E-state index >= 15 is 0 Å². The van der Waals surface area contributed by atoms with Crippen molar-refractivity contribution in [2.45, 2.75) is 13.5 Å². The minimum absolute atomic E-state index is 0.0234. The lowest BCUT2D eigenvalue weighted by atomic mass is 10.1. The van der Waals surface area contributed by atoms with Gasteiger partial charge in [-0.1, -0.05) is 24.3 Å². The molecule has 0 aliphatic rings. The zero-order valence-electron chi connectivity index (χ0n) is 13.9. The van der Waals surface area contributed by atoms with Gasteiger partial charge in [-0.15, -0.1) is 11.3 Å². The number of phenols is 1. The lowest BCUT2D eigenvalue weighted by molar-refractivity contribution is 0.0947. The minimum atomic E-state index is -0.296. The van der Waals surface area contributed by atoms with Crippen molar-refractivity contribution in [2.75, 3.05) is 7.11 Å². The number of hydrogen-bond donors (Lipinski definition) is 2. The number of nitrogens with one attached hydrogen (secondary N) is 1. The Kier molecular flexibility index (Phi) is 5.00. The summed E-state index contributed by atoms with van der Waals surface area (Å²) in [4.78, 5) is 17.8. The van der Waals surface area contributed by atoms with Crippen LogP contribution in [0.5, 0.6) is 11.5 Å². The molecule has 6 heteroatoms. The first-order valence-electron chi connectivity index (χ1n) is 7.73. The predicted molar refractivity (Wildman–Crippen MR) is 98.1 cm³/mol. The van der Waals surface area contributed by atoms with Gasteiger partial charge in [0, 0.05) is 6.54 Å². The zero-order valence-corrected chi connectivity index (χ0v) is 14.8. The molecule has 1 heterocycles. The van der Waals surface area contributed by atoms with Gasteiger partial charge in [0.2, 0.25) is 0 Å². The summed E-state index contributed by atoms with van der Waals surface area (Å²) in [6, 6.07) is 12.5. The molecule has 5 nitrogen and oxygen atoms in total. The molecule has 0 saturated heterocycles. The highest BCUT2D eigenvalue weighted by Crippen LogP contribution is 2.27. The number of methoxy groups -OCH3 is 1. The summed E-state index contributed by atoms with van der Waals surface area (Å²) < 4.78 is 5.17. The highest BCUT2D eigenvalue weighted by molar-refractivity contribution is 7.13. The summed E-state index contributed by atoms with van der Waals surface area (Å²) in [5.74, 6) is 0.150. The van der Waals surface area contributed by atoms with Crippen molar-refractivity contribution in [3.8, 4) is 21.9 Å². The van der Waals surface area contributed by atoms with Crippen LogP contribution < -0.4 is 10.1 Å². The van der Waals surface area contributed by atoms with E-state index in [-0.39, 0.29) is 11.7 Å². The smallest absolute Gasteiger partial charge is 0.255 e. The third kappa shape index (κ3) is 3.80. The summed E-state index contributed by atoms with van der Waals surface area (Å²) in [7, 11) is 1.49. The second-order valence-electron chi connectivity index (χ2n) is 5.53. The average molecular weight is 354 g/mol. The molecule has 3 aromatic rings. The van der Waals surface area contributed by atoms with Gasteiger partial charge in [0.05, 0.1) is 28.8 Å². The number of hydrogen-bond acceptors (Lipinski definition) is 5. The number of aromatic nitrogens is 1. The summed E-state index contributed by atoms with van der Waals surface area (Å²) in [6.45, 7) is 2.38. The maximum atomic E-state index is 12.3. The molecule has 1 amide bonds. The van der Waals surface area contributed by atoms with Crippen molar-refractivity contribution >= 4 is 17.2 Å². The number of nitrogens with zero attached hydrogens (tertiary/aromatic N) is 1. The molecular weight excluding hydrogens is 336 g/mol. The van der Waals surface area contributed by atoms with Crippen LogP contribution >= 0.6 is 11.3 Å². The van der Waals surface area contributed by atoms with Gasteiger partial charge in [0.15, 0.2) is 0 Å². The van der Waals surface area contributed by atoms with Crippen molar-refractivity contribution in [1.82, 2.24) is 10.3 Å². The van der Waals surface area contributed by atoms with Gasteiger partial charge >= 0.3 is 0 Å². The Hall–Kier alpha value is -2.86. The Morgan fingerprint density at radius 1 is 1.24 bits per heavy atom. The van der Waals surface area contributed by atoms with E-state index in [9.17, 15) is 9.90 Å². The van der Waals surface area contributed by atoms with Crippen molar-refractivity contribution in [2.24, 2.45) is 0 Å². The van der Waals surface area contributed by atoms with E-state index in [1.165, 1.54) is 19.2 Å². The highest BCUT2D eigenvalue weighted by Gasteiger charge is 2.13. The number of rotatable bonds is 5. The SMILES string of the molecule is COc1ccc(O)cc1C(=O)NCc1ccc(-c2scnc2C)cc1. The summed E-state index contributed by atoms with van der Waals surface area (Å²) in [6.07, 6.45) is 0. The average Bonchev–Trinajstić information content (AvgIpc) is 3.06. The molecule has 0 radical (unpaired) electrons. The maximum Gasteiger partial charge on any atom is 0.255 e. The Bertz CT molecular complexity index is 888. The first kappa shape index (κ1) is 17.0. The monoisotopic (exact) mass is 354 g/mol. The van der Waals surface area contributed by atoms with E-state index in [1.54, 1.807) is 17.4 Å². The number of carbonyl (C=O) groups excluding carboxylic acids is 1. The lowest BCUT2D eigenvalue weighted by Gasteiger charge is -2.10. The van der Waals surface area contributed by atoms with Crippen LogP contribution in [0.15, 0.2) is 48.0 Å². The maximum absolute atomic E-state index is 12.3. The third-order valence-electron chi connectivity index (χ3n) is 3.84. The van der Waals surface area contributed by atoms with E-state index in [2.05, 4.69) is 10.3 Å². The first-order valence-corrected chi connectivity index (χ1v) is 8.61. The molecule has 128 valence electrons. The molecule has 1 aromatic heterocycles. The van der Waals surface area contributed by atoms with Gasteiger partial charge in [0.1, 0.15) is 11.5 Å². The van der Waals surface area contributed by atoms with Crippen LogP contribution in [0.3, 0.4) is 0 Å². The minimum Gasteiger partial charge on any atom is -0.508 e. The molecule has 0 unspecified atom stereocenters. The zero-order chi connectivity index (χ0) is 17.8. The third-order valence-corrected chi connectivity index (χ3v) is 4.82. The van der Waals surface area contributed by atoms with E-state index in [4.69, 9.17) is 4.74 Å². The number of phenolic OH excluding ortho intramolecular Hbond substituents is 1. The molecule has 25 heavy (non-hydrogen) atoms. The summed E-state index contributed by atoms with van der Waals surface area (Å²) in [5.41, 5.74) is 5.26. The molecule has 0 bridgehead atoms. The molecule has 2 aromatic carbocycles. The van der Waals surface area contributed by atoms with Gasteiger partial charge in [-0.3, -0.25) is 4.79 Å². The van der Waals surface area contributed by atoms with Crippen LogP contribution in [0, 0.1) is 6.92 Å². The molecule has 0 aliphatic carbocycles. The summed E-state index contributed by atoms with van der Waals surface area (Å²) >= 11 is 1.61. The van der Waals surface area contributed by atoms with Gasteiger partial charge in [-0.25, -0.2) is 4.98 Å². The molecule has 0 atom stereocenters. The molecule has 0 spiro atoms. The molecular formula is C19H18N2O3S. The molecule has 0 fully saturated rings. The Morgan fingerprint density at radius 2 is 2.00 bits per heavy atom. The number of aryl methyl sites for hydroxylation is 1. The van der Waals surface area contributed by atoms with E-state index < -0.39 is 0 Å². The summed E-state index contributed by atoms with van der Waals surface area (Å²) in [5, 5.41) is 12.4. The van der Waals surface area contributed by atoms with Crippen LogP contribution in [0.4, 0.5) is 0 Å². The highest BCUT2D eigenvalue weighted by atomic mass is 32.1. The topological polar surface area (TPSA) is 71.5 Å². The van der Waals surface area contributed by atoms with Crippen molar-refractivity contribution in [3.63, 3.8) is 0 Å². The van der Waals surface area contributed by atoms with E-state index in [0.717, 1.165) is 21.7 Å². The molecule has 3 rings (SSSR count). The van der Waals surface area contributed by atoms with Crippen LogP contribution in [-0.4, -0.2) is 23.1 Å². The Labute approximate surface area is 149 Å². The quantitative estimate of drug-likeness (QED) is 0.732. The number of thiazole rings is 1.